The average Bonchev–Trinajstić information content (AvgIpc) is 2.97. The van der Waals surface area contributed by atoms with E-state index in [0.717, 1.165) is 33.5 Å². The lowest BCUT2D eigenvalue weighted by atomic mass is 10.0. The number of hydrogen-bond donors (Lipinski definition) is 1. The van der Waals surface area contributed by atoms with Crippen LogP contribution in [0.15, 0.2) is 91.0 Å². The monoisotopic (exact) mass is 509 g/mol. The number of ether oxygens (including phenoxy) is 4. The smallest absolute Gasteiger partial charge is 0.162 e. The van der Waals surface area contributed by atoms with Crippen LogP contribution in [0.4, 0.5) is 11.4 Å². The Morgan fingerprint density at radius 3 is 1.63 bits per heavy atom. The van der Waals surface area contributed by atoms with Crippen molar-refractivity contribution in [2.24, 2.45) is 0 Å². The van der Waals surface area contributed by atoms with Crippen LogP contribution in [0.3, 0.4) is 0 Å². The highest BCUT2D eigenvalue weighted by Crippen LogP contribution is 2.38. The average molecular weight is 510 g/mol. The molecule has 0 amide bonds. The molecule has 0 saturated carbocycles. The van der Waals surface area contributed by atoms with Gasteiger partial charge in [0.25, 0.3) is 0 Å². The van der Waals surface area contributed by atoms with E-state index in [1.165, 1.54) is 0 Å². The number of anilines is 2. The number of rotatable bonds is 7. The predicted octanol–water partition coefficient (Wildman–Crippen LogP) is 7.07. The Hall–Kier alpha value is -4.78. The van der Waals surface area contributed by atoms with Crippen LogP contribution in [0.1, 0.15) is 5.82 Å². The van der Waals surface area contributed by atoms with E-state index >= 15 is 0 Å². The summed E-state index contributed by atoms with van der Waals surface area (Å²) in [5, 5.41) is 4.17. The third kappa shape index (κ3) is 6.13. The summed E-state index contributed by atoms with van der Waals surface area (Å²) in [6.45, 7) is 1.86. The molecule has 0 aliphatic carbocycles. The van der Waals surface area contributed by atoms with Crippen LogP contribution in [0.5, 0.6) is 23.0 Å². The van der Waals surface area contributed by atoms with Crippen molar-refractivity contribution in [1.82, 2.24) is 9.97 Å². The summed E-state index contributed by atoms with van der Waals surface area (Å²) in [6.07, 6.45) is 0. The van der Waals surface area contributed by atoms with Crippen LogP contribution in [0.2, 0.25) is 0 Å². The first-order valence-corrected chi connectivity index (χ1v) is 12.1. The topological polar surface area (TPSA) is 74.7 Å². The molecule has 0 spiro atoms. The maximum atomic E-state index is 5.42. The fourth-order valence-electron chi connectivity index (χ4n) is 3.98. The molecule has 0 aliphatic rings. The molecule has 5 rings (SSSR count). The number of aromatic nitrogens is 2. The summed E-state index contributed by atoms with van der Waals surface area (Å²) in [5.74, 6) is 3.24. The van der Waals surface area contributed by atoms with Gasteiger partial charge in [-0.15, -0.1) is 0 Å². The minimum atomic E-state index is 0.629. The van der Waals surface area contributed by atoms with Crippen molar-refractivity contribution in [1.29, 1.82) is 0 Å². The van der Waals surface area contributed by atoms with E-state index in [1.807, 2.05) is 97.9 Å². The maximum absolute atomic E-state index is 5.42. The Labute approximate surface area is 223 Å². The first-order valence-electron chi connectivity index (χ1n) is 12.1. The van der Waals surface area contributed by atoms with Crippen LogP contribution >= 0.6 is 0 Å². The Morgan fingerprint density at radius 2 is 1.08 bits per heavy atom. The van der Waals surface area contributed by atoms with Crippen LogP contribution in [-0.2, 0) is 0 Å². The lowest BCUT2D eigenvalue weighted by molar-refractivity contribution is 0.355. The van der Waals surface area contributed by atoms with Crippen molar-refractivity contribution in [3.05, 3.63) is 96.8 Å². The Kier molecular flexibility index (Phi) is 8.61. The van der Waals surface area contributed by atoms with E-state index in [1.54, 1.807) is 28.4 Å². The van der Waals surface area contributed by atoms with Gasteiger partial charge < -0.3 is 24.3 Å². The molecule has 194 valence electrons. The van der Waals surface area contributed by atoms with Crippen molar-refractivity contribution in [3.8, 4) is 34.3 Å². The van der Waals surface area contributed by atoms with Gasteiger partial charge in [0.15, 0.2) is 23.0 Å². The van der Waals surface area contributed by atoms with Gasteiger partial charge in [0, 0.05) is 28.4 Å². The molecule has 1 N–H and O–H groups in total. The summed E-state index contributed by atoms with van der Waals surface area (Å²) < 4.78 is 21.5. The highest BCUT2D eigenvalue weighted by Gasteiger charge is 2.15. The number of benzene rings is 4. The zero-order valence-corrected chi connectivity index (χ0v) is 22.2. The summed E-state index contributed by atoms with van der Waals surface area (Å²) in [4.78, 5) is 9.15. The van der Waals surface area contributed by atoms with Crippen molar-refractivity contribution in [3.63, 3.8) is 0 Å². The van der Waals surface area contributed by atoms with Gasteiger partial charge in [0.05, 0.1) is 39.6 Å². The highest BCUT2D eigenvalue weighted by atomic mass is 16.5. The molecule has 0 saturated heterocycles. The third-order valence-electron chi connectivity index (χ3n) is 5.81. The molecule has 0 aliphatic heterocycles. The molecule has 4 aromatic carbocycles. The Bertz CT molecular complexity index is 1450. The minimum Gasteiger partial charge on any atom is -0.493 e. The molecule has 0 radical (unpaired) electrons. The molecule has 0 atom stereocenters. The Morgan fingerprint density at radius 1 is 0.553 bits per heavy atom. The first kappa shape index (κ1) is 26.3. The number of para-hydroxylation sites is 2. The maximum Gasteiger partial charge on any atom is 0.162 e. The molecule has 5 aromatic rings. The number of nitrogens with one attached hydrogen (secondary N) is 1. The Balaban J connectivity index is 0.000000216. The molecule has 0 unspecified atom stereocenters. The second-order valence-corrected chi connectivity index (χ2v) is 8.27. The summed E-state index contributed by atoms with van der Waals surface area (Å²) in [6, 6.07) is 29.7. The molecule has 0 fully saturated rings. The van der Waals surface area contributed by atoms with Crippen LogP contribution in [0.25, 0.3) is 22.2 Å². The number of fused-ring (bicyclic) bond motifs is 1. The number of aryl methyl sites for hydroxylation is 1. The summed E-state index contributed by atoms with van der Waals surface area (Å²) in [7, 11) is 6.43. The quantitative estimate of drug-likeness (QED) is 0.251. The fourth-order valence-corrected chi connectivity index (χ4v) is 3.98. The van der Waals surface area contributed by atoms with Crippen molar-refractivity contribution >= 4 is 22.3 Å². The number of methoxy groups -OCH3 is 4. The zero-order valence-electron chi connectivity index (χ0n) is 22.2. The number of hydrogen-bond acceptors (Lipinski definition) is 7. The first-order chi connectivity index (χ1) is 18.6. The molecule has 7 nitrogen and oxygen atoms in total. The normalized spacial score (nSPS) is 10.2. The largest absolute Gasteiger partial charge is 0.493 e. The molecule has 7 heteroatoms. The lowest BCUT2D eigenvalue weighted by Gasteiger charge is -2.13. The van der Waals surface area contributed by atoms with Gasteiger partial charge in [0.2, 0.25) is 0 Å². The summed E-state index contributed by atoms with van der Waals surface area (Å²) in [5.41, 5.74) is 4.72. The van der Waals surface area contributed by atoms with E-state index in [9.17, 15) is 0 Å². The predicted molar refractivity (Wildman–Crippen MR) is 152 cm³/mol. The third-order valence-corrected chi connectivity index (χ3v) is 5.81. The van der Waals surface area contributed by atoms with Gasteiger partial charge in [-0.3, -0.25) is 0 Å². The van der Waals surface area contributed by atoms with Crippen LogP contribution in [0, 0.1) is 6.92 Å². The zero-order chi connectivity index (χ0) is 26.9. The molecule has 38 heavy (non-hydrogen) atoms. The van der Waals surface area contributed by atoms with E-state index in [4.69, 9.17) is 18.9 Å². The van der Waals surface area contributed by atoms with Gasteiger partial charge >= 0.3 is 0 Å². The number of nitrogens with zero attached hydrogens (tertiary/aromatic N) is 2. The van der Waals surface area contributed by atoms with E-state index < -0.39 is 0 Å². The van der Waals surface area contributed by atoms with Crippen LogP contribution in [-0.4, -0.2) is 38.4 Å². The second kappa shape index (κ2) is 12.5. The molecule has 0 bridgehead atoms. The van der Waals surface area contributed by atoms with E-state index in [2.05, 4.69) is 15.3 Å². The SMILES string of the molecule is COc1ccc(-c2nc(C)nc3cc(OC)c(OC)cc23)cc1OC.c1ccc(Nc2ccccc2)cc1. The molecule has 1 aromatic heterocycles. The van der Waals surface area contributed by atoms with Gasteiger partial charge in [-0.05, 0) is 55.5 Å². The molecule has 1 heterocycles. The van der Waals surface area contributed by atoms with Gasteiger partial charge in [-0.1, -0.05) is 36.4 Å². The lowest BCUT2D eigenvalue weighted by Crippen LogP contribution is -1.98. The molecular weight excluding hydrogens is 478 g/mol. The van der Waals surface area contributed by atoms with Crippen molar-refractivity contribution in [2.75, 3.05) is 33.8 Å². The van der Waals surface area contributed by atoms with Crippen molar-refractivity contribution < 1.29 is 18.9 Å². The standard InChI is InChI=1S/C19H20N2O4.C12H11N/c1-11-20-14-10-18(25-5)17(24-4)9-13(14)19(21-11)12-6-7-15(22-2)16(8-12)23-3;1-3-7-11(8-4-1)13-12-9-5-2-6-10-12/h6-10H,1-5H3;1-10,13H. The van der Waals surface area contributed by atoms with Gasteiger partial charge in [-0.25, -0.2) is 9.97 Å². The van der Waals surface area contributed by atoms with Crippen molar-refractivity contribution in [2.45, 2.75) is 6.92 Å². The minimum absolute atomic E-state index is 0.629. The van der Waals surface area contributed by atoms with E-state index in [0.29, 0.717) is 28.8 Å². The van der Waals surface area contributed by atoms with E-state index in [-0.39, 0.29) is 0 Å². The van der Waals surface area contributed by atoms with Crippen LogP contribution < -0.4 is 24.3 Å². The van der Waals surface area contributed by atoms with Gasteiger partial charge in [0.1, 0.15) is 5.82 Å². The molecular formula is C31H31N3O4. The fraction of sp³-hybridized carbons (Fsp3) is 0.161. The summed E-state index contributed by atoms with van der Waals surface area (Å²) >= 11 is 0. The highest BCUT2D eigenvalue weighted by molar-refractivity contribution is 5.94. The van der Waals surface area contributed by atoms with Gasteiger partial charge in [-0.2, -0.15) is 0 Å². The second-order valence-electron chi connectivity index (χ2n) is 8.27.